The molecule has 0 aromatic heterocycles. The molecule has 2 saturated heterocycles. The van der Waals surface area contributed by atoms with E-state index < -0.39 is 79.6 Å². The molecule has 12 heteroatoms. The van der Waals surface area contributed by atoms with Gasteiger partial charge in [0.2, 0.25) is 0 Å². The lowest BCUT2D eigenvalue weighted by atomic mass is 9.95. The van der Waals surface area contributed by atoms with Crippen LogP contribution in [0.2, 0.25) is 0 Å². The van der Waals surface area contributed by atoms with Crippen LogP contribution in [0.1, 0.15) is 46.1 Å². The third-order valence-electron chi connectivity index (χ3n) is 7.46. The molecule has 2 heterocycles. The molecule has 11 atom stereocenters. The van der Waals surface area contributed by atoms with E-state index in [0.717, 1.165) is 11.6 Å². The van der Waals surface area contributed by atoms with Crippen molar-refractivity contribution in [3.8, 4) is 5.75 Å². The van der Waals surface area contributed by atoms with Gasteiger partial charge in [0.05, 0.1) is 18.3 Å². The maximum Gasteiger partial charge on any atom is 0.331 e. The first-order chi connectivity index (χ1) is 20.3. The highest BCUT2D eigenvalue weighted by Gasteiger charge is 2.53. The largest absolute Gasteiger partial charge is 0.508 e. The highest BCUT2D eigenvalue weighted by molar-refractivity contribution is 5.87. The second kappa shape index (κ2) is 15.4. The lowest BCUT2D eigenvalue weighted by Crippen LogP contribution is -2.65. The van der Waals surface area contributed by atoms with Crippen LogP contribution in [0.25, 0.3) is 6.08 Å². The maximum atomic E-state index is 12.9. The van der Waals surface area contributed by atoms with Crippen LogP contribution in [-0.4, -0.2) is 110 Å². The minimum atomic E-state index is -1.72. The second-order valence-electron chi connectivity index (χ2n) is 11.3. The van der Waals surface area contributed by atoms with Gasteiger partial charge in [-0.2, -0.15) is 0 Å². The van der Waals surface area contributed by atoms with Crippen molar-refractivity contribution in [1.29, 1.82) is 0 Å². The zero-order valence-corrected chi connectivity index (χ0v) is 24.9. The molecule has 3 rings (SSSR count). The molecule has 43 heavy (non-hydrogen) atoms. The second-order valence-corrected chi connectivity index (χ2v) is 11.3. The van der Waals surface area contributed by atoms with Crippen molar-refractivity contribution in [2.45, 2.75) is 108 Å². The number of hydrogen-bond acceptors (Lipinski definition) is 12. The molecule has 6 N–H and O–H groups in total. The number of ether oxygens (including phenoxy) is 5. The average Bonchev–Trinajstić information content (AvgIpc) is 2.97. The normalized spacial score (nSPS) is 34.3. The van der Waals surface area contributed by atoms with Gasteiger partial charge in [-0.1, -0.05) is 29.9 Å². The summed E-state index contributed by atoms with van der Waals surface area (Å²) in [6, 6.07) is 6.04. The molecule has 240 valence electrons. The molecule has 2 fully saturated rings. The quantitative estimate of drug-likeness (QED) is 0.114. The van der Waals surface area contributed by atoms with Crippen LogP contribution in [0, 0.1) is 0 Å². The standard InChI is InChI=1S/C31H44O12/c1-6-31(5,15-7-8-17(2)3)43-30-26(38)28(42-29-25(37)24(36)23(35)18(4)39-29)27(21(16-32)40-30)41-22(34)14-11-19-9-12-20(33)13-10-19/h6,8-14,18,21,23-30,32-33,35-38H,1,7,15-16H2,2-5H3/b14-11+/t18-,21+,23-,24+,25+,26+,27+,28+,29-,30-,31-/m0/s1. The molecule has 0 unspecified atom stereocenters. The molecule has 2 aliphatic rings. The molecule has 0 aliphatic carbocycles. The third-order valence-corrected chi connectivity index (χ3v) is 7.46. The molecule has 0 amide bonds. The number of rotatable bonds is 12. The lowest BCUT2D eigenvalue weighted by Gasteiger charge is -2.47. The third kappa shape index (κ3) is 9.17. The summed E-state index contributed by atoms with van der Waals surface area (Å²) < 4.78 is 29.1. The minimum absolute atomic E-state index is 0.0548. The fourth-order valence-corrected chi connectivity index (χ4v) is 4.76. The zero-order valence-electron chi connectivity index (χ0n) is 24.9. The molecule has 0 spiro atoms. The zero-order chi connectivity index (χ0) is 31.9. The summed E-state index contributed by atoms with van der Waals surface area (Å²) in [6.45, 7) is 10.3. The van der Waals surface area contributed by atoms with E-state index in [4.69, 9.17) is 23.7 Å². The van der Waals surface area contributed by atoms with Crippen LogP contribution in [0.4, 0.5) is 0 Å². The predicted octanol–water partition coefficient (Wildman–Crippen LogP) is 1.32. The molecular weight excluding hydrogens is 564 g/mol. The van der Waals surface area contributed by atoms with Crippen LogP contribution in [0.3, 0.4) is 0 Å². The summed E-state index contributed by atoms with van der Waals surface area (Å²) in [5.74, 6) is -0.814. The van der Waals surface area contributed by atoms with Crippen LogP contribution >= 0.6 is 0 Å². The predicted molar refractivity (Wildman–Crippen MR) is 154 cm³/mol. The Kier molecular flexibility index (Phi) is 12.5. The average molecular weight is 609 g/mol. The Morgan fingerprint density at radius 2 is 1.67 bits per heavy atom. The van der Waals surface area contributed by atoms with E-state index in [9.17, 15) is 35.4 Å². The number of aromatic hydroxyl groups is 1. The smallest absolute Gasteiger partial charge is 0.331 e. The SMILES string of the molecule is C=C[C@@](C)(CCC=C(C)C)O[C@@H]1O[C@H](CO)[C@@H](OC(=O)/C=C/c2ccc(O)cc2)[C@H](O[C@@H]2O[C@@H](C)[C@H](O)[C@@H](O)[C@H]2O)[C@H]1O. The number of aliphatic hydroxyl groups excluding tert-OH is 5. The van der Waals surface area contributed by atoms with Gasteiger partial charge in [0.15, 0.2) is 18.7 Å². The Labute approximate surface area is 251 Å². The van der Waals surface area contributed by atoms with Gasteiger partial charge < -0.3 is 54.3 Å². The first kappa shape index (κ1) is 34.8. The van der Waals surface area contributed by atoms with Crippen LogP contribution in [-0.2, 0) is 28.5 Å². The summed E-state index contributed by atoms with van der Waals surface area (Å²) in [6.07, 6.45) is -7.17. The van der Waals surface area contributed by atoms with Crippen LogP contribution in [0.15, 0.2) is 54.6 Å². The Hall–Kier alpha value is -2.65. The number of aliphatic hydroxyl groups is 5. The van der Waals surface area contributed by atoms with Crippen LogP contribution in [0.5, 0.6) is 5.75 Å². The van der Waals surface area contributed by atoms with Gasteiger partial charge in [0.25, 0.3) is 0 Å². The van der Waals surface area contributed by atoms with E-state index in [-0.39, 0.29) is 5.75 Å². The molecular formula is C31H44O12. The van der Waals surface area contributed by atoms with Gasteiger partial charge in [0.1, 0.15) is 42.4 Å². The molecule has 2 aliphatic heterocycles. The first-order valence-corrected chi connectivity index (χ1v) is 14.2. The fourth-order valence-electron chi connectivity index (χ4n) is 4.76. The van der Waals surface area contributed by atoms with Gasteiger partial charge >= 0.3 is 5.97 Å². The summed E-state index contributed by atoms with van der Waals surface area (Å²) in [4.78, 5) is 12.9. The number of hydrogen-bond donors (Lipinski definition) is 6. The maximum absolute atomic E-state index is 12.9. The van der Waals surface area contributed by atoms with E-state index in [1.807, 2.05) is 19.9 Å². The van der Waals surface area contributed by atoms with Crippen molar-refractivity contribution in [2.75, 3.05) is 6.61 Å². The van der Waals surface area contributed by atoms with E-state index >= 15 is 0 Å². The van der Waals surface area contributed by atoms with E-state index in [1.54, 1.807) is 25.1 Å². The van der Waals surface area contributed by atoms with Crippen LogP contribution < -0.4 is 0 Å². The number of carbonyl (C=O) groups excluding carboxylic acids is 1. The van der Waals surface area contributed by atoms with Crippen molar-refractivity contribution in [3.63, 3.8) is 0 Å². The highest BCUT2D eigenvalue weighted by atomic mass is 16.7. The van der Waals surface area contributed by atoms with Crippen molar-refractivity contribution >= 4 is 12.0 Å². The van der Waals surface area contributed by atoms with Crippen molar-refractivity contribution in [2.24, 2.45) is 0 Å². The molecule has 1 aromatic carbocycles. The Morgan fingerprint density at radius 1 is 1.00 bits per heavy atom. The number of esters is 1. The van der Waals surface area contributed by atoms with Crippen molar-refractivity contribution < 1.29 is 59.1 Å². The number of benzene rings is 1. The van der Waals surface area contributed by atoms with E-state index in [0.29, 0.717) is 18.4 Å². The van der Waals surface area contributed by atoms with Gasteiger partial charge in [-0.05, 0) is 64.3 Å². The number of carbonyl (C=O) groups is 1. The monoisotopic (exact) mass is 608 g/mol. The van der Waals surface area contributed by atoms with Gasteiger partial charge in [-0.3, -0.25) is 0 Å². The van der Waals surface area contributed by atoms with Gasteiger partial charge in [0, 0.05) is 6.08 Å². The molecule has 0 saturated carbocycles. The highest BCUT2D eigenvalue weighted by Crippen LogP contribution is 2.34. The summed E-state index contributed by atoms with van der Waals surface area (Å²) >= 11 is 0. The Bertz CT molecular complexity index is 1120. The van der Waals surface area contributed by atoms with E-state index in [2.05, 4.69) is 6.58 Å². The number of phenols is 1. The number of phenolic OH excluding ortho intramolecular Hbond substituents is 1. The van der Waals surface area contributed by atoms with E-state index in [1.165, 1.54) is 25.1 Å². The fraction of sp³-hybridized carbons (Fsp3) is 0.581. The first-order valence-electron chi connectivity index (χ1n) is 14.2. The van der Waals surface area contributed by atoms with Gasteiger partial charge in [-0.25, -0.2) is 4.79 Å². The van der Waals surface area contributed by atoms with Gasteiger partial charge in [-0.15, -0.1) is 6.58 Å². The summed E-state index contributed by atoms with van der Waals surface area (Å²) in [5, 5.41) is 62.1. The van der Waals surface area contributed by atoms with Crippen molar-refractivity contribution in [1.82, 2.24) is 0 Å². The number of allylic oxidation sites excluding steroid dienone is 2. The Balaban J connectivity index is 1.88. The molecule has 0 bridgehead atoms. The lowest BCUT2D eigenvalue weighted by molar-refractivity contribution is -0.364. The summed E-state index contributed by atoms with van der Waals surface area (Å²) in [5.41, 5.74) is 0.728. The molecule has 12 nitrogen and oxygen atoms in total. The molecule has 0 radical (unpaired) electrons. The van der Waals surface area contributed by atoms with Crippen molar-refractivity contribution in [3.05, 3.63) is 60.2 Å². The molecule has 1 aromatic rings. The topological polar surface area (TPSA) is 185 Å². The summed E-state index contributed by atoms with van der Waals surface area (Å²) in [7, 11) is 0. The minimum Gasteiger partial charge on any atom is -0.508 e. The Morgan fingerprint density at radius 3 is 2.28 bits per heavy atom.